The van der Waals surface area contributed by atoms with Gasteiger partial charge in [0.25, 0.3) is 0 Å². The molecule has 1 heterocycles. The minimum absolute atomic E-state index is 0.0686. The summed E-state index contributed by atoms with van der Waals surface area (Å²) in [4.78, 5) is 28.6. The van der Waals surface area contributed by atoms with Crippen molar-refractivity contribution in [3.63, 3.8) is 0 Å². The van der Waals surface area contributed by atoms with Gasteiger partial charge in [-0.1, -0.05) is 31.4 Å². The van der Waals surface area contributed by atoms with Gasteiger partial charge in [0.15, 0.2) is 0 Å². The van der Waals surface area contributed by atoms with Gasteiger partial charge in [0.2, 0.25) is 17.6 Å². The molecule has 0 spiro atoms. The fraction of sp³-hybridized carbons (Fsp3) is 0.400. The number of ether oxygens (including phenoxy) is 1. The van der Waals surface area contributed by atoms with E-state index in [2.05, 4.69) is 20.7 Å². The van der Waals surface area contributed by atoms with Crippen LogP contribution in [0.25, 0.3) is 11.4 Å². The van der Waals surface area contributed by atoms with Crippen molar-refractivity contribution in [1.29, 1.82) is 0 Å². The molecule has 1 fully saturated rings. The first kappa shape index (κ1) is 24.3. The number of hydrogen-bond acceptors (Lipinski definition) is 6. The highest BCUT2D eigenvalue weighted by Gasteiger charge is 2.22. The Kier molecular flexibility index (Phi) is 8.02. The number of carbonyl (C=O) groups excluding carboxylic acids is 2. The number of benzene rings is 2. The average Bonchev–Trinajstić information content (AvgIpc) is 3.33. The molecule has 10 heteroatoms. The maximum absolute atomic E-state index is 13.2. The minimum Gasteiger partial charge on any atom is -0.497 e. The molecule has 1 aliphatic rings. The number of hydrogen-bond donors (Lipinski definition) is 1. The summed E-state index contributed by atoms with van der Waals surface area (Å²) in [6.07, 6.45) is 5.33. The van der Waals surface area contributed by atoms with E-state index in [1.807, 2.05) is 24.3 Å². The first-order valence-corrected chi connectivity index (χ1v) is 11.7. The standard InChI is InChI=1S/C25H29FN6O3/c1-35-22-13-7-18(8-14-22)15-31(16-23(33)27-21-5-3-2-4-6-21)24(34)17-32-29-25(28-30-32)19-9-11-20(26)12-10-19/h7-14,21H,2-6,15-17H2,1H3,(H,27,33). The van der Waals surface area contributed by atoms with E-state index in [1.54, 1.807) is 19.2 Å². The van der Waals surface area contributed by atoms with Gasteiger partial charge in [0.1, 0.15) is 18.1 Å². The monoisotopic (exact) mass is 480 g/mol. The van der Waals surface area contributed by atoms with Crippen LogP contribution in [-0.4, -0.2) is 56.6 Å². The molecule has 0 bridgehead atoms. The summed E-state index contributed by atoms with van der Waals surface area (Å²) in [7, 11) is 1.59. The Morgan fingerprint density at radius 3 is 2.49 bits per heavy atom. The number of methoxy groups -OCH3 is 1. The van der Waals surface area contributed by atoms with Crippen LogP contribution < -0.4 is 10.1 Å². The highest BCUT2D eigenvalue weighted by atomic mass is 19.1. The highest BCUT2D eigenvalue weighted by molar-refractivity contribution is 5.84. The molecule has 184 valence electrons. The molecular weight excluding hydrogens is 451 g/mol. The maximum Gasteiger partial charge on any atom is 0.247 e. The quantitative estimate of drug-likeness (QED) is 0.505. The largest absolute Gasteiger partial charge is 0.497 e. The second kappa shape index (κ2) is 11.5. The highest BCUT2D eigenvalue weighted by Crippen LogP contribution is 2.18. The zero-order valence-electron chi connectivity index (χ0n) is 19.7. The van der Waals surface area contributed by atoms with Gasteiger partial charge in [-0.15, -0.1) is 10.2 Å². The van der Waals surface area contributed by atoms with E-state index in [9.17, 15) is 14.0 Å². The van der Waals surface area contributed by atoms with Crippen molar-refractivity contribution in [1.82, 2.24) is 30.4 Å². The molecule has 0 radical (unpaired) electrons. The van der Waals surface area contributed by atoms with Crippen LogP contribution in [0.5, 0.6) is 5.75 Å². The number of aromatic nitrogens is 4. The second-order valence-corrected chi connectivity index (χ2v) is 8.65. The van der Waals surface area contributed by atoms with Gasteiger partial charge >= 0.3 is 0 Å². The molecule has 0 unspecified atom stereocenters. The fourth-order valence-corrected chi connectivity index (χ4v) is 4.12. The number of carbonyl (C=O) groups is 2. The molecule has 0 atom stereocenters. The third kappa shape index (κ3) is 6.84. The molecule has 2 aromatic carbocycles. The number of nitrogens with one attached hydrogen (secondary N) is 1. The molecule has 1 aliphatic carbocycles. The third-order valence-electron chi connectivity index (χ3n) is 6.02. The van der Waals surface area contributed by atoms with Crippen molar-refractivity contribution in [3.8, 4) is 17.1 Å². The lowest BCUT2D eigenvalue weighted by Crippen LogP contribution is -2.45. The Hall–Kier alpha value is -3.82. The number of nitrogens with zero attached hydrogens (tertiary/aromatic N) is 5. The van der Waals surface area contributed by atoms with E-state index in [0.29, 0.717) is 11.3 Å². The van der Waals surface area contributed by atoms with E-state index in [4.69, 9.17) is 4.74 Å². The Balaban J connectivity index is 1.45. The van der Waals surface area contributed by atoms with Crippen LogP contribution in [0, 0.1) is 5.82 Å². The van der Waals surface area contributed by atoms with Crippen LogP contribution in [0.4, 0.5) is 4.39 Å². The van der Waals surface area contributed by atoms with Gasteiger partial charge in [-0.3, -0.25) is 9.59 Å². The molecule has 1 saturated carbocycles. The molecule has 4 rings (SSSR count). The Labute approximate surface area is 203 Å². The first-order valence-electron chi connectivity index (χ1n) is 11.7. The first-order chi connectivity index (χ1) is 17.0. The molecule has 1 aromatic heterocycles. The van der Waals surface area contributed by atoms with Gasteiger partial charge < -0.3 is 15.0 Å². The van der Waals surface area contributed by atoms with Gasteiger partial charge in [-0.05, 0) is 60.0 Å². The Bertz CT molecular complexity index is 1130. The van der Waals surface area contributed by atoms with Crippen LogP contribution in [0.15, 0.2) is 48.5 Å². The van der Waals surface area contributed by atoms with E-state index in [1.165, 1.54) is 28.2 Å². The predicted molar refractivity (Wildman–Crippen MR) is 127 cm³/mol. The number of rotatable bonds is 9. The van der Waals surface area contributed by atoms with Gasteiger partial charge in [0, 0.05) is 18.2 Å². The molecule has 1 N–H and O–H groups in total. The summed E-state index contributed by atoms with van der Waals surface area (Å²) in [5, 5.41) is 15.2. The lowest BCUT2D eigenvalue weighted by Gasteiger charge is -2.26. The third-order valence-corrected chi connectivity index (χ3v) is 6.02. The van der Waals surface area contributed by atoms with Gasteiger partial charge in [-0.25, -0.2) is 4.39 Å². The van der Waals surface area contributed by atoms with Crippen LogP contribution in [0.2, 0.25) is 0 Å². The molecule has 0 aliphatic heterocycles. The van der Waals surface area contributed by atoms with Crippen molar-refractivity contribution in [2.45, 2.75) is 51.2 Å². The smallest absolute Gasteiger partial charge is 0.247 e. The Morgan fingerprint density at radius 1 is 1.09 bits per heavy atom. The van der Waals surface area contributed by atoms with Gasteiger partial charge in [-0.2, -0.15) is 4.80 Å². The molecule has 0 saturated heterocycles. The summed E-state index contributed by atoms with van der Waals surface area (Å²) in [6, 6.07) is 13.2. The van der Waals surface area contributed by atoms with E-state index < -0.39 is 0 Å². The average molecular weight is 481 g/mol. The summed E-state index contributed by atoms with van der Waals surface area (Å²) in [5.74, 6) is 0.133. The summed E-state index contributed by atoms with van der Waals surface area (Å²) in [5.41, 5.74) is 1.45. The SMILES string of the molecule is COc1ccc(CN(CC(=O)NC2CCCCC2)C(=O)Cn2nnc(-c3ccc(F)cc3)n2)cc1. The second-order valence-electron chi connectivity index (χ2n) is 8.65. The van der Waals surface area contributed by atoms with Crippen LogP contribution in [-0.2, 0) is 22.7 Å². The zero-order chi connectivity index (χ0) is 24.6. The summed E-state index contributed by atoms with van der Waals surface area (Å²) >= 11 is 0. The van der Waals surface area contributed by atoms with Crippen molar-refractivity contribution in [2.75, 3.05) is 13.7 Å². The lowest BCUT2D eigenvalue weighted by atomic mass is 9.95. The van der Waals surface area contributed by atoms with E-state index in [0.717, 1.165) is 31.2 Å². The Morgan fingerprint density at radius 2 is 1.80 bits per heavy atom. The predicted octanol–water partition coefficient (Wildman–Crippen LogP) is 2.97. The zero-order valence-corrected chi connectivity index (χ0v) is 19.7. The number of amides is 2. The molecule has 9 nitrogen and oxygen atoms in total. The molecule has 35 heavy (non-hydrogen) atoms. The molecule has 3 aromatic rings. The summed E-state index contributed by atoms with van der Waals surface area (Å²) in [6.45, 7) is 0.00235. The maximum atomic E-state index is 13.2. The van der Waals surface area contributed by atoms with E-state index in [-0.39, 0.29) is 49.1 Å². The lowest BCUT2D eigenvalue weighted by molar-refractivity contribution is -0.137. The van der Waals surface area contributed by atoms with E-state index >= 15 is 0 Å². The minimum atomic E-state index is -0.364. The molecular formula is C25H29FN6O3. The van der Waals surface area contributed by atoms with Crippen LogP contribution >= 0.6 is 0 Å². The fourth-order valence-electron chi connectivity index (χ4n) is 4.12. The van der Waals surface area contributed by atoms with Crippen LogP contribution in [0.3, 0.4) is 0 Å². The molecule has 2 amide bonds. The van der Waals surface area contributed by atoms with Gasteiger partial charge in [0.05, 0.1) is 13.7 Å². The number of tetrazole rings is 1. The van der Waals surface area contributed by atoms with Crippen LogP contribution in [0.1, 0.15) is 37.7 Å². The number of halogens is 1. The topological polar surface area (TPSA) is 102 Å². The van der Waals surface area contributed by atoms with Crippen molar-refractivity contribution in [2.24, 2.45) is 0 Å². The van der Waals surface area contributed by atoms with Crippen molar-refractivity contribution >= 4 is 11.8 Å². The van der Waals surface area contributed by atoms with Crippen molar-refractivity contribution in [3.05, 3.63) is 59.9 Å². The normalized spacial score (nSPS) is 13.9. The van der Waals surface area contributed by atoms with Crippen molar-refractivity contribution < 1.29 is 18.7 Å². The summed E-state index contributed by atoms with van der Waals surface area (Å²) < 4.78 is 18.4.